The minimum absolute atomic E-state index is 0.0218. The molecule has 2 rings (SSSR count). The molecule has 0 aliphatic rings. The summed E-state index contributed by atoms with van der Waals surface area (Å²) in [5, 5.41) is 9.67. The summed E-state index contributed by atoms with van der Waals surface area (Å²) in [6.07, 6.45) is 1.70. The topological polar surface area (TPSA) is 84.9 Å². The number of methoxy groups -OCH3 is 1. The van der Waals surface area contributed by atoms with E-state index in [0.717, 1.165) is 28.5 Å². The van der Waals surface area contributed by atoms with E-state index in [1.54, 1.807) is 24.3 Å². The fourth-order valence-electron chi connectivity index (χ4n) is 2.67. The lowest BCUT2D eigenvalue weighted by atomic mass is 9.95. The van der Waals surface area contributed by atoms with Gasteiger partial charge in [-0.25, -0.2) is 8.42 Å². The number of hydrogen-bond donors (Lipinski definition) is 2. The Morgan fingerprint density at radius 1 is 1.12 bits per heavy atom. The Hall–Kier alpha value is -2.25. The first kappa shape index (κ1) is 19.1. The number of phenolic OH excluding ortho intramolecular Hbond substituents is 1. The molecular weight excluding hydrogens is 342 g/mol. The highest BCUT2D eigenvalue weighted by molar-refractivity contribution is 7.92. The normalized spacial score (nSPS) is 11.4. The Morgan fingerprint density at radius 2 is 1.76 bits per heavy atom. The quantitative estimate of drug-likeness (QED) is 0.737. The molecule has 0 spiro atoms. The van der Waals surface area contributed by atoms with Crippen molar-refractivity contribution >= 4 is 15.7 Å². The molecule has 136 valence electrons. The van der Waals surface area contributed by atoms with Crippen molar-refractivity contribution in [3.05, 3.63) is 52.6 Å². The largest absolute Gasteiger partial charge is 0.508 e. The summed E-state index contributed by atoms with van der Waals surface area (Å²) < 4.78 is 36.0. The molecule has 0 aromatic heterocycles. The maximum atomic E-state index is 11.6. The van der Waals surface area contributed by atoms with E-state index in [1.807, 2.05) is 19.9 Å². The van der Waals surface area contributed by atoms with Crippen LogP contribution in [0.5, 0.6) is 11.5 Å². The second-order valence-electron chi connectivity index (χ2n) is 5.99. The number of hydrogen-bond acceptors (Lipinski definition) is 5. The third kappa shape index (κ3) is 5.37. The fourth-order valence-corrected chi connectivity index (χ4v) is 3.23. The minimum Gasteiger partial charge on any atom is -0.508 e. The molecule has 0 atom stereocenters. The number of phenols is 1. The van der Waals surface area contributed by atoms with Crippen LogP contribution in [-0.4, -0.2) is 33.7 Å². The summed E-state index contributed by atoms with van der Waals surface area (Å²) in [6, 6.07) is 8.77. The van der Waals surface area contributed by atoms with Gasteiger partial charge in [0.1, 0.15) is 11.5 Å². The van der Waals surface area contributed by atoms with Crippen LogP contribution in [0.15, 0.2) is 30.3 Å². The number of aromatic hydroxyl groups is 1. The van der Waals surface area contributed by atoms with Gasteiger partial charge in [0.2, 0.25) is 10.0 Å². The Balaban J connectivity index is 2.37. The molecule has 2 N–H and O–H groups in total. The molecule has 7 heteroatoms. The van der Waals surface area contributed by atoms with Gasteiger partial charge in [-0.05, 0) is 66.8 Å². The first-order valence-corrected chi connectivity index (χ1v) is 9.60. The van der Waals surface area contributed by atoms with Gasteiger partial charge in [0.05, 0.1) is 11.9 Å². The molecule has 0 radical (unpaired) electrons. The van der Waals surface area contributed by atoms with Crippen molar-refractivity contribution < 1.29 is 23.0 Å². The zero-order chi connectivity index (χ0) is 18.6. The lowest BCUT2D eigenvalue weighted by molar-refractivity contribution is 0.0516. The third-order valence-corrected chi connectivity index (χ3v) is 4.32. The number of ether oxygens (including phenoxy) is 2. The van der Waals surface area contributed by atoms with Crippen LogP contribution < -0.4 is 9.46 Å². The number of rotatable bonds is 7. The van der Waals surface area contributed by atoms with E-state index in [4.69, 9.17) is 9.47 Å². The Bertz CT molecular complexity index is 839. The van der Waals surface area contributed by atoms with Crippen molar-refractivity contribution in [2.24, 2.45) is 0 Å². The maximum absolute atomic E-state index is 11.6. The van der Waals surface area contributed by atoms with Crippen LogP contribution in [0.1, 0.15) is 22.3 Å². The highest BCUT2D eigenvalue weighted by Crippen LogP contribution is 2.29. The molecule has 0 saturated carbocycles. The Labute approximate surface area is 148 Å². The van der Waals surface area contributed by atoms with Crippen molar-refractivity contribution in [1.82, 2.24) is 0 Å². The molecular formula is C18H23NO5S. The summed E-state index contributed by atoms with van der Waals surface area (Å²) in [6.45, 7) is 3.90. The molecule has 25 heavy (non-hydrogen) atoms. The fraction of sp³-hybridized carbons (Fsp3) is 0.333. The van der Waals surface area contributed by atoms with Crippen molar-refractivity contribution in [2.45, 2.75) is 20.3 Å². The zero-order valence-corrected chi connectivity index (χ0v) is 15.6. The van der Waals surface area contributed by atoms with E-state index >= 15 is 0 Å². The summed E-state index contributed by atoms with van der Waals surface area (Å²) in [7, 11) is -1.95. The van der Waals surface area contributed by atoms with Crippen LogP contribution in [0.25, 0.3) is 0 Å². The summed E-state index contributed by atoms with van der Waals surface area (Å²) in [5.74, 6) is 0.636. The van der Waals surface area contributed by atoms with Gasteiger partial charge in [0.25, 0.3) is 0 Å². The van der Waals surface area contributed by atoms with Crippen LogP contribution in [0.4, 0.5) is 5.69 Å². The molecule has 6 nitrogen and oxygen atoms in total. The number of benzene rings is 2. The van der Waals surface area contributed by atoms with E-state index in [2.05, 4.69) is 4.72 Å². The summed E-state index contributed by atoms with van der Waals surface area (Å²) in [5.41, 5.74) is 4.34. The third-order valence-electron chi connectivity index (χ3n) is 3.73. The SMILES string of the molecule is COCOc1ccc(Cc2c(C)cc(O)cc2C)cc1NS(C)(=O)=O. The van der Waals surface area contributed by atoms with Crippen molar-refractivity contribution in [2.75, 3.05) is 24.9 Å². The zero-order valence-electron chi connectivity index (χ0n) is 14.8. The van der Waals surface area contributed by atoms with E-state index in [-0.39, 0.29) is 12.5 Å². The van der Waals surface area contributed by atoms with E-state index < -0.39 is 10.0 Å². The van der Waals surface area contributed by atoms with Crippen molar-refractivity contribution in [1.29, 1.82) is 0 Å². The standard InChI is InChI=1S/C18H23NO5S/c1-12-7-15(20)8-13(2)16(12)9-14-5-6-18(24-11-23-3)17(10-14)19-25(4,21)22/h5-8,10,19-20H,9,11H2,1-4H3. The van der Waals surface area contributed by atoms with Gasteiger partial charge in [-0.1, -0.05) is 6.07 Å². The lowest BCUT2D eigenvalue weighted by Gasteiger charge is -2.15. The Kier molecular flexibility index (Phi) is 5.92. The van der Waals surface area contributed by atoms with Crippen molar-refractivity contribution in [3.8, 4) is 11.5 Å². The summed E-state index contributed by atoms with van der Waals surface area (Å²) >= 11 is 0. The van der Waals surface area contributed by atoms with Gasteiger partial charge < -0.3 is 14.6 Å². The van der Waals surface area contributed by atoms with Gasteiger partial charge in [-0.2, -0.15) is 0 Å². The average Bonchev–Trinajstić information content (AvgIpc) is 2.48. The number of sulfonamides is 1. The van der Waals surface area contributed by atoms with Gasteiger partial charge in [-0.15, -0.1) is 0 Å². The van der Waals surface area contributed by atoms with Crippen LogP contribution in [0, 0.1) is 13.8 Å². The van der Waals surface area contributed by atoms with Gasteiger partial charge in [-0.3, -0.25) is 4.72 Å². The predicted molar refractivity (Wildman–Crippen MR) is 97.8 cm³/mol. The number of aryl methyl sites for hydroxylation is 2. The van der Waals surface area contributed by atoms with E-state index in [1.165, 1.54) is 7.11 Å². The maximum Gasteiger partial charge on any atom is 0.229 e. The predicted octanol–water partition coefficient (Wildman–Crippen LogP) is 2.95. The lowest BCUT2D eigenvalue weighted by Crippen LogP contribution is -2.12. The highest BCUT2D eigenvalue weighted by atomic mass is 32.2. The van der Waals surface area contributed by atoms with Crippen LogP contribution in [-0.2, 0) is 21.2 Å². The number of nitrogens with one attached hydrogen (secondary N) is 1. The second kappa shape index (κ2) is 7.76. The molecule has 0 bridgehead atoms. The molecule has 0 saturated heterocycles. The van der Waals surface area contributed by atoms with Crippen LogP contribution in [0.2, 0.25) is 0 Å². The molecule has 0 fully saturated rings. The highest BCUT2D eigenvalue weighted by Gasteiger charge is 2.12. The average molecular weight is 365 g/mol. The van der Waals surface area contributed by atoms with Crippen LogP contribution >= 0.6 is 0 Å². The molecule has 0 aliphatic heterocycles. The molecule has 0 amide bonds. The number of anilines is 1. The van der Waals surface area contributed by atoms with Crippen LogP contribution in [0.3, 0.4) is 0 Å². The monoisotopic (exact) mass is 365 g/mol. The van der Waals surface area contributed by atoms with Gasteiger partial charge >= 0.3 is 0 Å². The molecule has 0 unspecified atom stereocenters. The van der Waals surface area contributed by atoms with Gasteiger partial charge in [0.15, 0.2) is 6.79 Å². The second-order valence-corrected chi connectivity index (χ2v) is 7.74. The Morgan fingerprint density at radius 3 is 2.32 bits per heavy atom. The van der Waals surface area contributed by atoms with Crippen molar-refractivity contribution in [3.63, 3.8) is 0 Å². The smallest absolute Gasteiger partial charge is 0.229 e. The van der Waals surface area contributed by atoms with Gasteiger partial charge in [0, 0.05) is 7.11 Å². The first-order valence-electron chi connectivity index (χ1n) is 7.71. The van der Waals surface area contributed by atoms with E-state index in [0.29, 0.717) is 17.9 Å². The summed E-state index contributed by atoms with van der Waals surface area (Å²) in [4.78, 5) is 0. The molecule has 2 aromatic rings. The molecule has 2 aromatic carbocycles. The molecule has 0 heterocycles. The first-order chi connectivity index (χ1) is 11.7. The molecule has 0 aliphatic carbocycles. The van der Waals surface area contributed by atoms with E-state index in [9.17, 15) is 13.5 Å². The minimum atomic E-state index is -3.44.